The fraction of sp³-hybridized carbons (Fsp3) is 0.393. The van der Waals surface area contributed by atoms with E-state index < -0.39 is 41.1 Å². The second-order valence-corrected chi connectivity index (χ2v) is 9.20. The molecule has 1 heterocycles. The molecule has 0 saturated heterocycles. The summed E-state index contributed by atoms with van der Waals surface area (Å²) in [7, 11) is 0. The molecule has 0 radical (unpaired) electrons. The summed E-state index contributed by atoms with van der Waals surface area (Å²) in [6.07, 6.45) is 1.55. The number of ether oxygens (including phenoxy) is 2. The summed E-state index contributed by atoms with van der Waals surface area (Å²) < 4.78 is 12.7. The standard InChI is InChI=1S/C28H31NO6/c1-4-34-26(31)24-22(30)15-28(3,33)25(27(32)35-5-2)23(24)20-17-29(16-18-11-7-6-8-12-18)21-14-10-9-13-19(20)21/h6-14,17,23-25,33H,4-5,15-16H2,1-3H3/t23-,24+,25+,28-/m0/s1. The van der Waals surface area contributed by atoms with E-state index in [1.54, 1.807) is 13.8 Å². The number of Topliss-reactive ketones (excluding diaryl/α,β-unsaturated/α-hetero) is 1. The lowest BCUT2D eigenvalue weighted by molar-refractivity contribution is -0.172. The maximum Gasteiger partial charge on any atom is 0.317 e. The van der Waals surface area contributed by atoms with Gasteiger partial charge >= 0.3 is 11.9 Å². The first-order valence-electron chi connectivity index (χ1n) is 12.0. The van der Waals surface area contributed by atoms with E-state index >= 15 is 0 Å². The first-order chi connectivity index (χ1) is 16.8. The molecule has 2 aromatic carbocycles. The fourth-order valence-corrected chi connectivity index (χ4v) is 5.31. The topological polar surface area (TPSA) is 94.8 Å². The van der Waals surface area contributed by atoms with Crippen LogP contribution in [-0.2, 0) is 30.4 Å². The van der Waals surface area contributed by atoms with Crippen LogP contribution in [0.25, 0.3) is 10.9 Å². The molecular formula is C28H31NO6. The number of carbonyl (C=O) groups excluding carboxylic acids is 3. The van der Waals surface area contributed by atoms with E-state index in [0.29, 0.717) is 12.1 Å². The molecule has 7 nitrogen and oxygen atoms in total. The summed E-state index contributed by atoms with van der Waals surface area (Å²) in [4.78, 5) is 39.5. The van der Waals surface area contributed by atoms with Gasteiger partial charge in [-0.05, 0) is 38.0 Å². The van der Waals surface area contributed by atoms with Gasteiger partial charge in [0.25, 0.3) is 0 Å². The van der Waals surface area contributed by atoms with Gasteiger partial charge in [-0.15, -0.1) is 0 Å². The average Bonchev–Trinajstić information content (AvgIpc) is 3.17. The number of nitrogens with zero attached hydrogens (tertiary/aromatic N) is 1. The zero-order valence-electron chi connectivity index (χ0n) is 20.3. The second-order valence-electron chi connectivity index (χ2n) is 9.20. The molecule has 4 rings (SSSR count). The normalized spacial score (nSPS) is 24.3. The summed E-state index contributed by atoms with van der Waals surface area (Å²) in [5, 5.41) is 12.1. The van der Waals surface area contributed by atoms with E-state index in [2.05, 4.69) is 0 Å². The Hall–Kier alpha value is -3.45. The number of ketones is 1. The van der Waals surface area contributed by atoms with Gasteiger partial charge in [-0.2, -0.15) is 0 Å². The highest BCUT2D eigenvalue weighted by atomic mass is 16.5. The minimum Gasteiger partial charge on any atom is -0.466 e. The highest BCUT2D eigenvalue weighted by Gasteiger charge is 2.57. The summed E-state index contributed by atoms with van der Waals surface area (Å²) >= 11 is 0. The van der Waals surface area contributed by atoms with Gasteiger partial charge in [-0.3, -0.25) is 14.4 Å². The molecule has 0 aliphatic heterocycles. The minimum absolute atomic E-state index is 0.103. The van der Waals surface area contributed by atoms with Crippen LogP contribution in [0.15, 0.2) is 60.8 Å². The number of fused-ring (bicyclic) bond motifs is 1. The van der Waals surface area contributed by atoms with E-state index in [-0.39, 0.29) is 19.6 Å². The summed E-state index contributed by atoms with van der Waals surface area (Å²) in [5.41, 5.74) is 0.935. The van der Waals surface area contributed by atoms with Crippen LogP contribution in [0, 0.1) is 11.8 Å². The van der Waals surface area contributed by atoms with Gasteiger partial charge in [0, 0.05) is 36.0 Å². The lowest BCUT2D eigenvalue weighted by Crippen LogP contribution is -2.55. The Balaban J connectivity index is 1.92. The summed E-state index contributed by atoms with van der Waals surface area (Å²) in [5.74, 6) is -5.05. The third-order valence-corrected chi connectivity index (χ3v) is 6.72. The monoisotopic (exact) mass is 477 g/mol. The molecule has 1 N–H and O–H groups in total. The van der Waals surface area contributed by atoms with Crippen LogP contribution in [-0.4, -0.2) is 46.2 Å². The van der Waals surface area contributed by atoms with E-state index in [1.165, 1.54) is 6.92 Å². The van der Waals surface area contributed by atoms with Crippen LogP contribution in [0.2, 0.25) is 0 Å². The number of hydrogen-bond acceptors (Lipinski definition) is 6. The third-order valence-electron chi connectivity index (χ3n) is 6.72. The Kier molecular flexibility index (Phi) is 7.08. The third kappa shape index (κ3) is 4.73. The highest BCUT2D eigenvalue weighted by molar-refractivity contribution is 6.03. The van der Waals surface area contributed by atoms with E-state index in [4.69, 9.17) is 9.47 Å². The number of benzene rings is 2. The molecule has 1 aliphatic rings. The lowest BCUT2D eigenvalue weighted by Gasteiger charge is -2.43. The molecule has 1 aromatic heterocycles. The van der Waals surface area contributed by atoms with Crippen molar-refractivity contribution < 1.29 is 29.0 Å². The van der Waals surface area contributed by atoms with E-state index in [9.17, 15) is 19.5 Å². The molecule has 184 valence electrons. The maximum atomic E-state index is 13.3. The van der Waals surface area contributed by atoms with E-state index in [0.717, 1.165) is 16.5 Å². The molecule has 4 atom stereocenters. The molecule has 0 amide bonds. The fourth-order valence-electron chi connectivity index (χ4n) is 5.31. The van der Waals surface area contributed by atoms with Crippen molar-refractivity contribution in [1.29, 1.82) is 0 Å². The van der Waals surface area contributed by atoms with Gasteiger partial charge in [-0.25, -0.2) is 0 Å². The zero-order valence-corrected chi connectivity index (χ0v) is 20.3. The number of aliphatic hydroxyl groups is 1. The zero-order chi connectivity index (χ0) is 25.2. The molecule has 35 heavy (non-hydrogen) atoms. The largest absolute Gasteiger partial charge is 0.466 e. The van der Waals surface area contributed by atoms with Crippen molar-refractivity contribution in [3.63, 3.8) is 0 Å². The minimum atomic E-state index is -1.68. The molecule has 0 spiro atoms. The number of para-hydroxylation sites is 1. The number of rotatable bonds is 7. The lowest BCUT2D eigenvalue weighted by atomic mass is 9.61. The van der Waals surface area contributed by atoms with Crippen LogP contribution in [0.4, 0.5) is 0 Å². The van der Waals surface area contributed by atoms with Crippen LogP contribution < -0.4 is 0 Å². The molecule has 1 fully saturated rings. The Labute approximate surface area is 204 Å². The molecular weight excluding hydrogens is 446 g/mol. The van der Waals surface area contributed by atoms with Gasteiger partial charge in [0.15, 0.2) is 5.78 Å². The quantitative estimate of drug-likeness (QED) is 0.410. The van der Waals surface area contributed by atoms with Crippen molar-refractivity contribution in [3.8, 4) is 0 Å². The molecule has 1 aliphatic carbocycles. The molecule has 3 aromatic rings. The van der Waals surface area contributed by atoms with Gasteiger partial charge in [-0.1, -0.05) is 48.5 Å². The van der Waals surface area contributed by atoms with Crippen molar-refractivity contribution >= 4 is 28.6 Å². The first kappa shape index (κ1) is 24.7. The Morgan fingerprint density at radius 2 is 1.63 bits per heavy atom. The van der Waals surface area contributed by atoms with Crippen molar-refractivity contribution in [3.05, 3.63) is 71.9 Å². The number of hydrogen-bond donors (Lipinski definition) is 1. The SMILES string of the molecule is CCOC(=O)[C@@H]1C(=O)C[C@](C)(O)[C@@H](C(=O)OCC)[C@H]1c1cn(Cc2ccccc2)c2ccccc12. The van der Waals surface area contributed by atoms with Gasteiger partial charge in [0.05, 0.1) is 24.7 Å². The van der Waals surface area contributed by atoms with Gasteiger partial charge in [0.1, 0.15) is 5.92 Å². The maximum absolute atomic E-state index is 13.3. The van der Waals surface area contributed by atoms with Crippen molar-refractivity contribution in [2.24, 2.45) is 11.8 Å². The number of carbonyl (C=O) groups is 3. The van der Waals surface area contributed by atoms with Crippen LogP contribution in [0.5, 0.6) is 0 Å². The van der Waals surface area contributed by atoms with Crippen molar-refractivity contribution in [1.82, 2.24) is 4.57 Å². The Morgan fingerprint density at radius 3 is 2.31 bits per heavy atom. The predicted molar refractivity (Wildman–Crippen MR) is 131 cm³/mol. The summed E-state index contributed by atoms with van der Waals surface area (Å²) in [6, 6.07) is 17.6. The second kappa shape index (κ2) is 10.0. The van der Waals surface area contributed by atoms with E-state index in [1.807, 2.05) is 65.4 Å². The van der Waals surface area contributed by atoms with Gasteiger partial charge in [0.2, 0.25) is 0 Å². The van der Waals surface area contributed by atoms with Gasteiger partial charge < -0.3 is 19.1 Å². The molecule has 7 heteroatoms. The van der Waals surface area contributed by atoms with Crippen LogP contribution >= 0.6 is 0 Å². The Bertz CT molecular complexity index is 1230. The van der Waals surface area contributed by atoms with Crippen molar-refractivity contribution in [2.75, 3.05) is 13.2 Å². The van der Waals surface area contributed by atoms with Crippen LogP contribution in [0.1, 0.15) is 44.2 Å². The highest BCUT2D eigenvalue weighted by Crippen LogP contribution is 2.48. The number of esters is 2. The van der Waals surface area contributed by atoms with Crippen LogP contribution in [0.3, 0.4) is 0 Å². The first-order valence-corrected chi connectivity index (χ1v) is 12.0. The smallest absolute Gasteiger partial charge is 0.317 e. The molecule has 1 saturated carbocycles. The summed E-state index contributed by atoms with van der Waals surface area (Å²) in [6.45, 7) is 5.60. The average molecular weight is 478 g/mol. The predicted octanol–water partition coefficient (Wildman–Crippen LogP) is 3.86. The Morgan fingerprint density at radius 1 is 1.00 bits per heavy atom. The molecule has 0 bridgehead atoms. The van der Waals surface area contributed by atoms with Crippen molar-refractivity contribution in [2.45, 2.75) is 45.3 Å². The number of aromatic nitrogens is 1. The molecule has 0 unspecified atom stereocenters.